The van der Waals surface area contributed by atoms with Crippen LogP contribution in [-0.4, -0.2) is 41.6 Å². The Morgan fingerprint density at radius 2 is 2.03 bits per heavy atom. The number of furan rings is 1. The minimum atomic E-state index is -0.820. The zero-order valence-corrected chi connectivity index (χ0v) is 18.7. The Bertz CT molecular complexity index is 1460. The van der Waals surface area contributed by atoms with Crippen molar-refractivity contribution >= 4 is 33.8 Å². The molecular formula is C20H19ClN4O6S. The van der Waals surface area contributed by atoms with Crippen molar-refractivity contribution in [3.8, 4) is 10.7 Å². The number of aliphatic hydroxyl groups excluding tert-OH is 2. The summed E-state index contributed by atoms with van der Waals surface area (Å²) >= 11 is 7.28. The molecule has 4 aromatic heterocycles. The Labute approximate surface area is 189 Å². The van der Waals surface area contributed by atoms with Crippen LogP contribution in [0.2, 0.25) is 5.22 Å². The van der Waals surface area contributed by atoms with E-state index in [-0.39, 0.29) is 25.0 Å². The second-order valence-corrected chi connectivity index (χ2v) is 8.77. The number of hydrogen-bond donors (Lipinski definition) is 2. The van der Waals surface area contributed by atoms with Crippen molar-refractivity contribution in [2.75, 3.05) is 6.61 Å². The van der Waals surface area contributed by atoms with Gasteiger partial charge < -0.3 is 23.9 Å². The number of hydrogen-bond acceptors (Lipinski definition) is 8. The van der Waals surface area contributed by atoms with E-state index in [0.717, 1.165) is 4.57 Å². The molecule has 10 nitrogen and oxygen atoms in total. The van der Waals surface area contributed by atoms with Crippen LogP contribution in [0, 0.1) is 0 Å². The average Bonchev–Trinajstić information content (AvgIpc) is 3.51. The van der Waals surface area contributed by atoms with Crippen LogP contribution < -0.4 is 11.2 Å². The van der Waals surface area contributed by atoms with E-state index in [9.17, 15) is 19.8 Å². The van der Waals surface area contributed by atoms with Crippen molar-refractivity contribution in [2.24, 2.45) is 14.1 Å². The number of fused-ring (bicyclic) bond motifs is 3. The van der Waals surface area contributed by atoms with Crippen LogP contribution in [0.5, 0.6) is 0 Å². The van der Waals surface area contributed by atoms with Gasteiger partial charge >= 0.3 is 5.69 Å². The predicted octanol–water partition coefficient (Wildman–Crippen LogP) is 1.38. The number of ether oxygens (including phenoxy) is 1. The van der Waals surface area contributed by atoms with Gasteiger partial charge in [0, 0.05) is 19.5 Å². The molecule has 0 spiro atoms. The molecule has 0 radical (unpaired) electrons. The molecule has 1 aliphatic rings. The summed E-state index contributed by atoms with van der Waals surface area (Å²) in [5, 5.41) is 22.1. The van der Waals surface area contributed by atoms with Gasteiger partial charge in [0.05, 0.1) is 53.8 Å². The third-order valence-electron chi connectivity index (χ3n) is 5.64. The van der Waals surface area contributed by atoms with E-state index in [1.165, 1.54) is 23.0 Å². The molecule has 0 bridgehead atoms. The maximum Gasteiger partial charge on any atom is 0.331 e. The molecule has 2 N–H and O–H groups in total. The van der Waals surface area contributed by atoms with E-state index in [1.807, 2.05) is 4.57 Å². The highest BCUT2D eigenvalue weighted by Gasteiger charge is 2.38. The van der Waals surface area contributed by atoms with Gasteiger partial charge in [0.25, 0.3) is 5.56 Å². The Hall–Kier alpha value is -2.70. The first kappa shape index (κ1) is 21.2. The minimum absolute atomic E-state index is 0.162. The molecule has 12 heteroatoms. The lowest BCUT2D eigenvalue weighted by molar-refractivity contribution is -0.0589. The van der Waals surface area contributed by atoms with Gasteiger partial charge in [-0.1, -0.05) is 0 Å². The first-order chi connectivity index (χ1) is 15.3. The molecule has 4 aromatic rings. The Kier molecular flexibility index (Phi) is 5.10. The number of nitrogens with zero attached hydrogens (tertiary/aromatic N) is 4. The van der Waals surface area contributed by atoms with Gasteiger partial charge in [-0.05, 0) is 23.7 Å². The van der Waals surface area contributed by atoms with Gasteiger partial charge in [0.1, 0.15) is 10.8 Å². The van der Waals surface area contributed by atoms with Crippen molar-refractivity contribution in [3.63, 3.8) is 0 Å². The van der Waals surface area contributed by atoms with Crippen molar-refractivity contribution in [3.05, 3.63) is 60.7 Å². The number of halogens is 1. The summed E-state index contributed by atoms with van der Waals surface area (Å²) in [4.78, 5) is 30.6. The second kappa shape index (κ2) is 7.71. The van der Waals surface area contributed by atoms with Crippen LogP contribution in [0.3, 0.4) is 0 Å². The third kappa shape index (κ3) is 3.00. The molecule has 2 atom stereocenters. The average molecular weight is 479 g/mol. The molecule has 0 aromatic carbocycles. The molecule has 32 heavy (non-hydrogen) atoms. The van der Waals surface area contributed by atoms with Gasteiger partial charge in [0.2, 0.25) is 0 Å². The van der Waals surface area contributed by atoms with Crippen molar-refractivity contribution in [1.29, 1.82) is 0 Å². The van der Waals surface area contributed by atoms with Crippen LogP contribution in [0.1, 0.15) is 23.3 Å². The molecule has 1 aliphatic heterocycles. The monoisotopic (exact) mass is 478 g/mol. The van der Waals surface area contributed by atoms with Crippen LogP contribution in [-0.2, 0) is 32.0 Å². The molecule has 5 rings (SSSR count). The molecule has 0 saturated heterocycles. The van der Waals surface area contributed by atoms with E-state index in [1.54, 1.807) is 24.6 Å². The summed E-state index contributed by atoms with van der Waals surface area (Å²) in [5.41, 5.74) is 0.929. The maximum absolute atomic E-state index is 13.3. The smallest absolute Gasteiger partial charge is 0.331 e. The van der Waals surface area contributed by atoms with E-state index in [4.69, 9.17) is 20.8 Å². The summed E-state index contributed by atoms with van der Waals surface area (Å²) in [6.45, 7) is -0.282. The zero-order valence-electron chi connectivity index (χ0n) is 17.1. The van der Waals surface area contributed by atoms with Gasteiger partial charge in [-0.2, -0.15) is 0 Å². The Morgan fingerprint density at radius 3 is 2.66 bits per heavy atom. The fourth-order valence-electron chi connectivity index (χ4n) is 4.18. The minimum Gasteiger partial charge on any atom is -0.446 e. The highest BCUT2D eigenvalue weighted by atomic mass is 35.5. The number of aromatic nitrogens is 4. The third-order valence-corrected chi connectivity index (χ3v) is 6.74. The molecular weight excluding hydrogens is 460 g/mol. The lowest BCUT2D eigenvalue weighted by atomic mass is 10.1. The van der Waals surface area contributed by atoms with Crippen molar-refractivity contribution in [1.82, 2.24) is 18.7 Å². The lowest BCUT2D eigenvalue weighted by Crippen LogP contribution is -2.37. The summed E-state index contributed by atoms with van der Waals surface area (Å²) in [6.07, 6.45) is -1.42. The molecule has 0 aliphatic carbocycles. The first-order valence-corrected chi connectivity index (χ1v) is 11.0. The van der Waals surface area contributed by atoms with Gasteiger partial charge in [-0.15, -0.1) is 11.3 Å². The fourth-order valence-corrected chi connectivity index (χ4v) is 5.20. The summed E-state index contributed by atoms with van der Waals surface area (Å²) in [7, 11) is 3.00. The number of aryl methyl sites for hydroxylation is 1. The van der Waals surface area contributed by atoms with E-state index >= 15 is 0 Å². The zero-order chi connectivity index (χ0) is 22.7. The Morgan fingerprint density at radius 1 is 1.25 bits per heavy atom. The van der Waals surface area contributed by atoms with Crippen molar-refractivity contribution in [2.45, 2.75) is 25.4 Å². The molecule has 5 heterocycles. The number of aliphatic hydroxyl groups is 2. The molecule has 2 unspecified atom stereocenters. The SMILES string of the molecule is Cn1c(=O)c2c(-c3nc(CO)cs3)n3c(c2n(C)c1=O)C(c1ccc(Cl)o1)OC(CO)C3. The highest BCUT2D eigenvalue weighted by molar-refractivity contribution is 7.13. The lowest BCUT2D eigenvalue weighted by Gasteiger charge is -2.31. The highest BCUT2D eigenvalue weighted by Crippen LogP contribution is 2.43. The fraction of sp³-hybridized carbons (Fsp3) is 0.350. The summed E-state index contributed by atoms with van der Waals surface area (Å²) < 4.78 is 16.0. The van der Waals surface area contributed by atoms with Crippen LogP contribution in [0.15, 0.2) is 31.5 Å². The molecule has 0 amide bonds. The van der Waals surface area contributed by atoms with Gasteiger partial charge in [0.15, 0.2) is 11.3 Å². The van der Waals surface area contributed by atoms with E-state index < -0.39 is 23.5 Å². The first-order valence-electron chi connectivity index (χ1n) is 9.75. The summed E-state index contributed by atoms with van der Waals surface area (Å²) in [5.74, 6) is 0.378. The van der Waals surface area contributed by atoms with Crippen molar-refractivity contribution < 1.29 is 19.4 Å². The second-order valence-electron chi connectivity index (χ2n) is 7.54. The maximum atomic E-state index is 13.3. The topological polar surface area (TPSA) is 125 Å². The largest absolute Gasteiger partial charge is 0.446 e. The van der Waals surface area contributed by atoms with Gasteiger partial charge in [-0.25, -0.2) is 9.78 Å². The standard InChI is InChI=1S/C20H19ClN4O6S/c1-23-14-13(19(28)24(2)20(23)29)15(18-22-9(6-26)8-32-18)25-5-10(7-27)30-17(16(14)25)11-3-4-12(21)31-11/h3-4,8,10,17,26-27H,5-7H2,1-2H3. The van der Waals surface area contributed by atoms with Crippen LogP contribution >= 0.6 is 22.9 Å². The number of thiazole rings is 1. The Balaban J connectivity index is 1.94. The normalized spacial score (nSPS) is 18.4. The van der Waals surface area contributed by atoms with E-state index in [2.05, 4.69) is 4.98 Å². The molecule has 0 saturated carbocycles. The quantitative estimate of drug-likeness (QED) is 0.454. The summed E-state index contributed by atoms with van der Waals surface area (Å²) in [6, 6.07) is 3.23. The number of rotatable bonds is 4. The molecule has 0 fully saturated rings. The van der Waals surface area contributed by atoms with Crippen LogP contribution in [0.4, 0.5) is 0 Å². The predicted molar refractivity (Wildman–Crippen MR) is 117 cm³/mol. The molecule has 168 valence electrons. The van der Waals surface area contributed by atoms with E-state index in [0.29, 0.717) is 38.8 Å². The van der Waals surface area contributed by atoms with Crippen LogP contribution in [0.25, 0.3) is 21.6 Å². The van der Waals surface area contributed by atoms with Gasteiger partial charge in [-0.3, -0.25) is 13.9 Å².